The van der Waals surface area contributed by atoms with Crippen LogP contribution in [0.2, 0.25) is 0 Å². The third kappa shape index (κ3) is 6.13. The molecule has 0 bridgehead atoms. The third-order valence-electron chi connectivity index (χ3n) is 2.64. The number of hydrogen-bond acceptors (Lipinski definition) is 3. The van der Waals surface area contributed by atoms with Crippen LogP contribution in [0.5, 0.6) is 0 Å². The van der Waals surface area contributed by atoms with Gasteiger partial charge < -0.3 is 15.4 Å². The van der Waals surface area contributed by atoms with Gasteiger partial charge in [-0.25, -0.2) is 4.79 Å². The molecule has 2 N–H and O–H groups in total. The molecule has 0 saturated heterocycles. The molecule has 19 heavy (non-hydrogen) atoms. The van der Waals surface area contributed by atoms with Crippen molar-refractivity contribution in [3.05, 3.63) is 29.8 Å². The number of nitrogens with two attached hydrogens (primary N) is 1. The summed E-state index contributed by atoms with van der Waals surface area (Å²) in [6.07, 6.45) is 1.55. The molecule has 1 aromatic carbocycles. The number of aryl methyl sites for hydroxylation is 1. The van der Waals surface area contributed by atoms with Gasteiger partial charge in [-0.1, -0.05) is 12.1 Å². The Bertz CT molecular complexity index is 407. The van der Waals surface area contributed by atoms with Crippen LogP contribution >= 0.6 is 0 Å². The van der Waals surface area contributed by atoms with Crippen molar-refractivity contribution in [2.75, 3.05) is 19.3 Å². The average Bonchev–Trinajstić information content (AvgIpc) is 2.29. The predicted octanol–water partition coefficient (Wildman–Crippen LogP) is 3.07. The van der Waals surface area contributed by atoms with E-state index >= 15 is 0 Å². The molecule has 0 heterocycles. The monoisotopic (exact) mass is 264 g/mol. The molecule has 4 heteroatoms. The van der Waals surface area contributed by atoms with Crippen LogP contribution in [0.25, 0.3) is 0 Å². The Morgan fingerprint density at radius 2 is 1.84 bits per heavy atom. The highest BCUT2D eigenvalue weighted by atomic mass is 16.6. The van der Waals surface area contributed by atoms with Gasteiger partial charge in [-0.3, -0.25) is 0 Å². The van der Waals surface area contributed by atoms with Crippen LogP contribution < -0.4 is 5.73 Å². The minimum atomic E-state index is -0.442. The summed E-state index contributed by atoms with van der Waals surface area (Å²) in [5.41, 5.74) is 7.19. The normalized spacial score (nSPS) is 11.2. The number of anilines is 1. The van der Waals surface area contributed by atoms with E-state index < -0.39 is 5.60 Å². The number of carbonyl (C=O) groups excluding carboxylic acids is 1. The number of nitrogens with zero attached hydrogens (tertiary/aromatic N) is 1. The van der Waals surface area contributed by atoms with E-state index in [4.69, 9.17) is 10.5 Å². The summed E-state index contributed by atoms with van der Waals surface area (Å²) < 4.78 is 5.29. The summed E-state index contributed by atoms with van der Waals surface area (Å²) in [6, 6.07) is 7.82. The van der Waals surface area contributed by atoms with Gasteiger partial charge >= 0.3 is 6.09 Å². The third-order valence-corrected chi connectivity index (χ3v) is 2.64. The standard InChI is InChI=1S/C15H24N2O2/c1-15(2,3)19-14(18)17(4)11-5-6-12-7-9-13(16)10-8-12/h7-10H,5-6,11,16H2,1-4H3. The van der Waals surface area contributed by atoms with Gasteiger partial charge in [0, 0.05) is 19.3 Å². The maximum atomic E-state index is 11.7. The van der Waals surface area contributed by atoms with Gasteiger partial charge in [-0.05, 0) is 51.3 Å². The fourth-order valence-electron chi connectivity index (χ4n) is 1.64. The lowest BCUT2D eigenvalue weighted by atomic mass is 10.1. The van der Waals surface area contributed by atoms with Crippen molar-refractivity contribution in [2.45, 2.75) is 39.2 Å². The van der Waals surface area contributed by atoms with E-state index in [2.05, 4.69) is 0 Å². The van der Waals surface area contributed by atoms with Gasteiger partial charge in [-0.15, -0.1) is 0 Å². The van der Waals surface area contributed by atoms with E-state index in [0.717, 1.165) is 18.5 Å². The second-order valence-corrected chi connectivity index (χ2v) is 5.75. The number of benzene rings is 1. The number of ether oxygens (including phenoxy) is 1. The zero-order valence-corrected chi connectivity index (χ0v) is 12.3. The quantitative estimate of drug-likeness (QED) is 0.850. The first-order valence-electron chi connectivity index (χ1n) is 6.56. The van der Waals surface area contributed by atoms with Crippen molar-refractivity contribution in [3.8, 4) is 0 Å². The second-order valence-electron chi connectivity index (χ2n) is 5.75. The Labute approximate surface area is 115 Å². The molecule has 0 atom stereocenters. The topological polar surface area (TPSA) is 55.6 Å². The van der Waals surface area contributed by atoms with E-state index in [1.165, 1.54) is 5.56 Å². The second kappa shape index (κ2) is 6.45. The predicted molar refractivity (Wildman–Crippen MR) is 78.0 cm³/mol. The maximum Gasteiger partial charge on any atom is 0.410 e. The highest BCUT2D eigenvalue weighted by molar-refractivity contribution is 5.67. The van der Waals surface area contributed by atoms with Crippen molar-refractivity contribution in [3.63, 3.8) is 0 Å². The van der Waals surface area contributed by atoms with Crippen molar-refractivity contribution in [1.82, 2.24) is 4.90 Å². The molecule has 1 amide bonds. The Morgan fingerprint density at radius 1 is 1.26 bits per heavy atom. The summed E-state index contributed by atoms with van der Waals surface area (Å²) in [4.78, 5) is 13.3. The van der Waals surface area contributed by atoms with Gasteiger partial charge in [0.15, 0.2) is 0 Å². The van der Waals surface area contributed by atoms with Crippen LogP contribution in [0.3, 0.4) is 0 Å². The van der Waals surface area contributed by atoms with Gasteiger partial charge in [0.05, 0.1) is 0 Å². The molecule has 0 aliphatic carbocycles. The zero-order chi connectivity index (χ0) is 14.5. The molecule has 1 rings (SSSR count). The fourth-order valence-corrected chi connectivity index (χ4v) is 1.64. The van der Waals surface area contributed by atoms with E-state index in [9.17, 15) is 4.79 Å². The first-order valence-corrected chi connectivity index (χ1v) is 6.56. The van der Waals surface area contributed by atoms with E-state index in [1.807, 2.05) is 45.0 Å². The molecule has 0 aliphatic rings. The number of hydrogen-bond donors (Lipinski definition) is 1. The largest absolute Gasteiger partial charge is 0.444 e. The molecule has 0 radical (unpaired) electrons. The SMILES string of the molecule is CN(CCCc1ccc(N)cc1)C(=O)OC(C)(C)C. The molecule has 106 valence electrons. The lowest BCUT2D eigenvalue weighted by Crippen LogP contribution is -2.34. The number of rotatable bonds is 4. The van der Waals surface area contributed by atoms with Crippen LogP contribution in [-0.4, -0.2) is 30.2 Å². The van der Waals surface area contributed by atoms with Gasteiger partial charge in [0.2, 0.25) is 0 Å². The lowest BCUT2D eigenvalue weighted by molar-refractivity contribution is 0.0297. The smallest absolute Gasteiger partial charge is 0.410 e. The lowest BCUT2D eigenvalue weighted by Gasteiger charge is -2.24. The molecule has 0 fully saturated rings. The minimum Gasteiger partial charge on any atom is -0.444 e. The highest BCUT2D eigenvalue weighted by Crippen LogP contribution is 2.11. The Morgan fingerprint density at radius 3 is 2.37 bits per heavy atom. The molecular weight excluding hydrogens is 240 g/mol. The van der Waals surface area contributed by atoms with Crippen LogP contribution in [0.15, 0.2) is 24.3 Å². The minimum absolute atomic E-state index is 0.273. The van der Waals surface area contributed by atoms with Crippen molar-refractivity contribution in [2.24, 2.45) is 0 Å². The zero-order valence-electron chi connectivity index (χ0n) is 12.3. The summed E-state index contributed by atoms with van der Waals surface area (Å²) in [7, 11) is 1.76. The molecule has 4 nitrogen and oxygen atoms in total. The summed E-state index contributed by atoms with van der Waals surface area (Å²) >= 11 is 0. The average molecular weight is 264 g/mol. The molecule has 0 aromatic heterocycles. The Balaban J connectivity index is 2.32. The number of nitrogen functional groups attached to an aromatic ring is 1. The van der Waals surface area contributed by atoms with Gasteiger partial charge in [-0.2, -0.15) is 0 Å². The highest BCUT2D eigenvalue weighted by Gasteiger charge is 2.18. The number of amides is 1. The van der Waals surface area contributed by atoms with Crippen molar-refractivity contribution < 1.29 is 9.53 Å². The van der Waals surface area contributed by atoms with Crippen LogP contribution in [0.4, 0.5) is 10.5 Å². The molecular formula is C15H24N2O2. The van der Waals surface area contributed by atoms with E-state index in [1.54, 1.807) is 11.9 Å². The van der Waals surface area contributed by atoms with Gasteiger partial charge in [0.1, 0.15) is 5.60 Å². The Hall–Kier alpha value is -1.71. The number of carbonyl (C=O) groups is 1. The Kier molecular flexibility index (Phi) is 5.21. The first-order chi connectivity index (χ1) is 8.78. The molecule has 1 aromatic rings. The van der Waals surface area contributed by atoms with E-state index in [-0.39, 0.29) is 6.09 Å². The summed E-state index contributed by atoms with van der Waals surface area (Å²) in [6.45, 7) is 6.28. The van der Waals surface area contributed by atoms with Crippen LogP contribution in [0, 0.1) is 0 Å². The van der Waals surface area contributed by atoms with Gasteiger partial charge in [0.25, 0.3) is 0 Å². The molecule has 0 unspecified atom stereocenters. The van der Waals surface area contributed by atoms with Crippen molar-refractivity contribution in [1.29, 1.82) is 0 Å². The van der Waals surface area contributed by atoms with Crippen molar-refractivity contribution >= 4 is 11.8 Å². The molecule has 0 aliphatic heterocycles. The maximum absolute atomic E-state index is 11.7. The fraction of sp³-hybridized carbons (Fsp3) is 0.533. The summed E-state index contributed by atoms with van der Waals surface area (Å²) in [5.74, 6) is 0. The molecule has 0 spiro atoms. The first kappa shape index (κ1) is 15.3. The summed E-state index contributed by atoms with van der Waals surface area (Å²) in [5, 5.41) is 0. The van der Waals surface area contributed by atoms with E-state index in [0.29, 0.717) is 6.54 Å². The van der Waals surface area contributed by atoms with Crippen LogP contribution in [-0.2, 0) is 11.2 Å². The van der Waals surface area contributed by atoms with Crippen LogP contribution in [0.1, 0.15) is 32.8 Å². The molecule has 0 saturated carbocycles.